The van der Waals surface area contributed by atoms with Crippen molar-refractivity contribution in [2.75, 3.05) is 6.54 Å². The van der Waals surface area contributed by atoms with Crippen LogP contribution in [0.25, 0.3) is 0 Å². The van der Waals surface area contributed by atoms with E-state index in [9.17, 15) is 18.0 Å². The second kappa shape index (κ2) is 8.39. The Labute approximate surface area is 121 Å². The molecule has 1 aromatic rings. The third-order valence-electron chi connectivity index (χ3n) is 2.70. The lowest BCUT2D eigenvalue weighted by Crippen LogP contribution is -2.35. The number of nitrogens with one attached hydrogen (secondary N) is 2. The first kappa shape index (κ1) is 17.1. The Bertz CT molecular complexity index is 450. The number of hydrogen-bond acceptors (Lipinski definition) is 2. The number of ether oxygens (including phenoxy) is 1. The number of hydrogen-bond donors (Lipinski definition) is 2. The fourth-order valence-corrected chi connectivity index (χ4v) is 1.69. The first-order chi connectivity index (χ1) is 9.92. The minimum Gasteiger partial charge on any atom is -0.405 e. The van der Waals surface area contributed by atoms with Gasteiger partial charge in [0.2, 0.25) is 0 Å². The van der Waals surface area contributed by atoms with E-state index in [0.717, 1.165) is 19.3 Å². The van der Waals surface area contributed by atoms with Gasteiger partial charge in [0.25, 0.3) is 0 Å². The maximum absolute atomic E-state index is 12.2. The van der Waals surface area contributed by atoms with E-state index in [4.69, 9.17) is 0 Å². The number of rotatable bonds is 7. The summed E-state index contributed by atoms with van der Waals surface area (Å²) in [6.45, 7) is 2.56. The van der Waals surface area contributed by atoms with Gasteiger partial charge in [0, 0.05) is 18.7 Å². The van der Waals surface area contributed by atoms with E-state index in [1.54, 1.807) is 6.07 Å². The van der Waals surface area contributed by atoms with Crippen molar-refractivity contribution in [1.82, 2.24) is 10.6 Å². The van der Waals surface area contributed by atoms with Crippen molar-refractivity contribution >= 4 is 6.03 Å². The van der Waals surface area contributed by atoms with E-state index < -0.39 is 12.4 Å². The van der Waals surface area contributed by atoms with Gasteiger partial charge >= 0.3 is 12.4 Å². The Hall–Kier alpha value is -1.92. The van der Waals surface area contributed by atoms with Gasteiger partial charge in [-0.3, -0.25) is 0 Å². The fourth-order valence-electron chi connectivity index (χ4n) is 1.69. The molecule has 0 saturated heterocycles. The second-order valence-corrected chi connectivity index (χ2v) is 4.47. The molecule has 2 N–H and O–H groups in total. The number of amides is 2. The number of urea groups is 1. The molecule has 0 atom stereocenters. The fraction of sp³-hybridized carbons (Fsp3) is 0.500. The summed E-state index contributed by atoms with van der Waals surface area (Å²) in [5, 5.41) is 5.15. The van der Waals surface area contributed by atoms with Gasteiger partial charge in [-0.15, -0.1) is 13.2 Å². The molecule has 118 valence electrons. The Balaban J connectivity index is 2.46. The van der Waals surface area contributed by atoms with Gasteiger partial charge in [-0.2, -0.15) is 0 Å². The molecule has 0 fully saturated rings. The number of benzene rings is 1. The van der Waals surface area contributed by atoms with Crippen LogP contribution < -0.4 is 15.4 Å². The summed E-state index contributed by atoms with van der Waals surface area (Å²) in [5.74, 6) is -0.309. The summed E-state index contributed by atoms with van der Waals surface area (Å²) in [7, 11) is 0. The van der Waals surface area contributed by atoms with Crippen LogP contribution >= 0.6 is 0 Å². The molecule has 0 aliphatic carbocycles. The molecule has 4 nitrogen and oxygen atoms in total. The lowest BCUT2D eigenvalue weighted by molar-refractivity contribution is -0.274. The van der Waals surface area contributed by atoms with E-state index in [-0.39, 0.29) is 17.9 Å². The van der Waals surface area contributed by atoms with Crippen LogP contribution in [-0.2, 0) is 6.54 Å². The lowest BCUT2D eigenvalue weighted by atomic mass is 10.2. The molecule has 0 aliphatic rings. The molecule has 1 rings (SSSR count). The van der Waals surface area contributed by atoms with Gasteiger partial charge in [0.05, 0.1) is 0 Å². The number of alkyl halides is 3. The van der Waals surface area contributed by atoms with Crippen LogP contribution in [-0.4, -0.2) is 18.9 Å². The number of halogens is 3. The van der Waals surface area contributed by atoms with E-state index in [2.05, 4.69) is 22.3 Å². The normalized spacial score (nSPS) is 11.0. The molecule has 7 heteroatoms. The number of para-hydroxylation sites is 1. The highest BCUT2D eigenvalue weighted by Gasteiger charge is 2.31. The molecule has 0 radical (unpaired) electrons. The van der Waals surface area contributed by atoms with E-state index in [1.165, 1.54) is 18.2 Å². The van der Waals surface area contributed by atoms with Gasteiger partial charge in [-0.1, -0.05) is 38.0 Å². The first-order valence-electron chi connectivity index (χ1n) is 6.77. The zero-order chi connectivity index (χ0) is 15.7. The molecule has 0 spiro atoms. The zero-order valence-corrected chi connectivity index (χ0v) is 11.8. The molecule has 21 heavy (non-hydrogen) atoms. The highest BCUT2D eigenvalue weighted by molar-refractivity contribution is 5.73. The topological polar surface area (TPSA) is 50.4 Å². The molecule has 1 aromatic carbocycles. The highest BCUT2D eigenvalue weighted by atomic mass is 19.4. The molecule has 0 unspecified atom stereocenters. The maximum Gasteiger partial charge on any atom is 0.573 e. The van der Waals surface area contributed by atoms with Crippen LogP contribution in [0, 0.1) is 0 Å². The van der Waals surface area contributed by atoms with Crippen LogP contribution in [0.1, 0.15) is 31.7 Å². The van der Waals surface area contributed by atoms with Crippen LogP contribution in [0.5, 0.6) is 5.75 Å². The molecule has 2 amide bonds. The van der Waals surface area contributed by atoms with Crippen LogP contribution in [0.2, 0.25) is 0 Å². The molecule has 0 bridgehead atoms. The first-order valence-corrected chi connectivity index (χ1v) is 6.77. The van der Waals surface area contributed by atoms with Gasteiger partial charge in [-0.25, -0.2) is 4.79 Å². The number of carbonyl (C=O) groups is 1. The average molecular weight is 304 g/mol. The highest BCUT2D eigenvalue weighted by Crippen LogP contribution is 2.25. The van der Waals surface area contributed by atoms with Crippen LogP contribution in [0.15, 0.2) is 24.3 Å². The smallest absolute Gasteiger partial charge is 0.405 e. The Kier molecular flexibility index (Phi) is 6.84. The van der Waals surface area contributed by atoms with E-state index >= 15 is 0 Å². The Morgan fingerprint density at radius 3 is 2.57 bits per heavy atom. The van der Waals surface area contributed by atoms with Crippen LogP contribution in [0.4, 0.5) is 18.0 Å². The summed E-state index contributed by atoms with van der Waals surface area (Å²) < 4.78 is 40.6. The molecular weight excluding hydrogens is 285 g/mol. The van der Waals surface area contributed by atoms with Crippen molar-refractivity contribution in [2.45, 2.75) is 39.1 Å². The third-order valence-corrected chi connectivity index (χ3v) is 2.70. The monoisotopic (exact) mass is 304 g/mol. The molecule has 0 aliphatic heterocycles. The third kappa shape index (κ3) is 7.43. The minimum atomic E-state index is -4.75. The Morgan fingerprint density at radius 1 is 1.19 bits per heavy atom. The molecule has 0 saturated carbocycles. The van der Waals surface area contributed by atoms with Crippen LogP contribution in [0.3, 0.4) is 0 Å². The SMILES string of the molecule is CCCCCNC(=O)NCc1ccccc1OC(F)(F)F. The van der Waals surface area contributed by atoms with Crippen molar-refractivity contribution in [2.24, 2.45) is 0 Å². The van der Waals surface area contributed by atoms with E-state index in [0.29, 0.717) is 6.54 Å². The standard InChI is InChI=1S/C14H19F3N2O2/c1-2-3-6-9-18-13(20)19-10-11-7-4-5-8-12(11)21-14(15,16)17/h4-5,7-8H,2-3,6,9-10H2,1H3,(H2,18,19,20). The van der Waals surface area contributed by atoms with E-state index in [1.807, 2.05) is 0 Å². The van der Waals surface area contributed by atoms with Crippen molar-refractivity contribution in [1.29, 1.82) is 0 Å². The maximum atomic E-state index is 12.2. The zero-order valence-electron chi connectivity index (χ0n) is 11.8. The van der Waals surface area contributed by atoms with Crippen molar-refractivity contribution < 1.29 is 22.7 Å². The van der Waals surface area contributed by atoms with Crippen molar-refractivity contribution in [3.8, 4) is 5.75 Å². The summed E-state index contributed by atoms with van der Waals surface area (Å²) in [6, 6.07) is 5.30. The van der Waals surface area contributed by atoms with Gasteiger partial charge < -0.3 is 15.4 Å². The van der Waals surface area contributed by atoms with Gasteiger partial charge in [0.15, 0.2) is 0 Å². The number of carbonyl (C=O) groups excluding carboxylic acids is 1. The summed E-state index contributed by atoms with van der Waals surface area (Å²) >= 11 is 0. The molecular formula is C14H19F3N2O2. The predicted octanol–water partition coefficient (Wildman–Crippen LogP) is 3.57. The number of unbranched alkanes of at least 4 members (excludes halogenated alkanes) is 2. The Morgan fingerprint density at radius 2 is 1.90 bits per heavy atom. The lowest BCUT2D eigenvalue weighted by Gasteiger charge is -2.13. The second-order valence-electron chi connectivity index (χ2n) is 4.47. The summed E-state index contributed by atoms with van der Waals surface area (Å²) in [5.41, 5.74) is 0.263. The minimum absolute atomic E-state index is 0.0358. The van der Waals surface area contributed by atoms with Crippen molar-refractivity contribution in [3.63, 3.8) is 0 Å². The molecule has 0 heterocycles. The largest absolute Gasteiger partial charge is 0.573 e. The average Bonchev–Trinajstić information content (AvgIpc) is 2.41. The van der Waals surface area contributed by atoms with Gasteiger partial charge in [-0.05, 0) is 12.5 Å². The van der Waals surface area contributed by atoms with Gasteiger partial charge in [0.1, 0.15) is 5.75 Å². The quantitative estimate of drug-likeness (QED) is 0.757. The molecule has 0 aromatic heterocycles. The van der Waals surface area contributed by atoms with Crippen molar-refractivity contribution in [3.05, 3.63) is 29.8 Å². The summed E-state index contributed by atoms with van der Waals surface area (Å²) in [6.07, 6.45) is -1.82. The predicted molar refractivity (Wildman–Crippen MR) is 72.9 cm³/mol. The summed E-state index contributed by atoms with van der Waals surface area (Å²) in [4.78, 5) is 11.5.